The van der Waals surface area contributed by atoms with Gasteiger partial charge in [-0.15, -0.1) is 0 Å². The minimum absolute atomic E-state index is 0.0362. The molecule has 1 aromatic rings. The Bertz CT molecular complexity index is 500. The monoisotopic (exact) mass is 341 g/mol. The van der Waals surface area contributed by atoms with Gasteiger partial charge in [0.15, 0.2) is 0 Å². The first kappa shape index (κ1) is 16.7. The Morgan fingerprint density at radius 2 is 2.00 bits per heavy atom. The van der Waals surface area contributed by atoms with Gasteiger partial charge in [0.25, 0.3) is 5.91 Å². The van der Waals surface area contributed by atoms with Crippen molar-refractivity contribution in [3.63, 3.8) is 0 Å². The zero-order chi connectivity index (χ0) is 15.3. The van der Waals surface area contributed by atoms with E-state index >= 15 is 0 Å². The molecule has 1 amide bonds. The van der Waals surface area contributed by atoms with E-state index in [9.17, 15) is 9.59 Å². The van der Waals surface area contributed by atoms with Crippen LogP contribution in [0.15, 0.2) is 22.7 Å². The van der Waals surface area contributed by atoms with Gasteiger partial charge in [0.2, 0.25) is 0 Å². The molecule has 20 heavy (non-hydrogen) atoms. The molecule has 4 nitrogen and oxygen atoms in total. The van der Waals surface area contributed by atoms with Gasteiger partial charge in [0.05, 0.1) is 6.42 Å². The Morgan fingerprint density at radius 1 is 1.35 bits per heavy atom. The molecule has 0 spiro atoms. The third-order valence-corrected chi connectivity index (χ3v) is 3.39. The average molecular weight is 342 g/mol. The van der Waals surface area contributed by atoms with Crippen molar-refractivity contribution in [1.29, 1.82) is 0 Å². The maximum absolute atomic E-state index is 12.6. The van der Waals surface area contributed by atoms with Crippen molar-refractivity contribution < 1.29 is 14.7 Å². The number of hydrogen-bond donors (Lipinski definition) is 1. The fourth-order valence-corrected chi connectivity index (χ4v) is 2.30. The van der Waals surface area contributed by atoms with E-state index in [-0.39, 0.29) is 18.9 Å². The van der Waals surface area contributed by atoms with E-state index in [2.05, 4.69) is 15.9 Å². The Morgan fingerprint density at radius 3 is 2.55 bits per heavy atom. The smallest absolute Gasteiger partial charge is 0.305 e. The second-order valence-corrected chi connectivity index (χ2v) is 6.16. The van der Waals surface area contributed by atoms with Crippen LogP contribution in [0.2, 0.25) is 0 Å². The van der Waals surface area contributed by atoms with Crippen LogP contribution in [0.25, 0.3) is 0 Å². The molecular weight excluding hydrogens is 322 g/mol. The molecule has 0 atom stereocenters. The predicted molar refractivity (Wildman–Crippen MR) is 81.9 cm³/mol. The molecule has 0 aromatic heterocycles. The van der Waals surface area contributed by atoms with Crippen LogP contribution in [0.5, 0.6) is 0 Å². The fraction of sp³-hybridized carbons (Fsp3) is 0.467. The van der Waals surface area contributed by atoms with Gasteiger partial charge in [-0.3, -0.25) is 9.59 Å². The summed E-state index contributed by atoms with van der Waals surface area (Å²) in [6, 6.07) is 5.55. The number of benzene rings is 1. The summed E-state index contributed by atoms with van der Waals surface area (Å²) >= 11 is 3.36. The quantitative estimate of drug-likeness (QED) is 0.863. The lowest BCUT2D eigenvalue weighted by molar-refractivity contribution is -0.137. The number of amides is 1. The summed E-state index contributed by atoms with van der Waals surface area (Å²) in [5.41, 5.74) is 1.51. The second-order valence-electron chi connectivity index (χ2n) is 5.25. The third-order valence-electron chi connectivity index (χ3n) is 2.90. The Labute approximate surface area is 127 Å². The molecule has 110 valence electrons. The molecule has 0 heterocycles. The van der Waals surface area contributed by atoms with Crippen LogP contribution in [0.1, 0.15) is 36.2 Å². The van der Waals surface area contributed by atoms with Gasteiger partial charge >= 0.3 is 5.97 Å². The summed E-state index contributed by atoms with van der Waals surface area (Å²) in [7, 11) is 0. The van der Waals surface area contributed by atoms with E-state index in [0.29, 0.717) is 18.0 Å². The van der Waals surface area contributed by atoms with E-state index in [1.807, 2.05) is 32.9 Å². The summed E-state index contributed by atoms with van der Waals surface area (Å²) in [4.78, 5) is 24.9. The van der Waals surface area contributed by atoms with Gasteiger partial charge in [-0.05, 0) is 30.5 Å². The van der Waals surface area contributed by atoms with Gasteiger partial charge < -0.3 is 10.0 Å². The molecule has 0 unspecified atom stereocenters. The zero-order valence-corrected chi connectivity index (χ0v) is 13.6. The lowest BCUT2D eigenvalue weighted by Crippen LogP contribution is -2.36. The summed E-state index contributed by atoms with van der Waals surface area (Å²) in [5, 5.41) is 8.80. The standard InChI is InChI=1S/C15H20BrNO3/c1-10(2)9-17(7-6-14(18)19)15(20)13-8-12(16)5-4-11(13)3/h4-5,8,10H,6-7,9H2,1-3H3,(H,18,19). The molecule has 0 aliphatic heterocycles. The van der Waals surface area contributed by atoms with Crippen LogP contribution in [-0.4, -0.2) is 35.0 Å². The van der Waals surface area contributed by atoms with Crippen LogP contribution >= 0.6 is 15.9 Å². The van der Waals surface area contributed by atoms with Gasteiger partial charge in [-0.2, -0.15) is 0 Å². The number of rotatable bonds is 6. The van der Waals surface area contributed by atoms with E-state index < -0.39 is 5.97 Å². The summed E-state index contributed by atoms with van der Waals surface area (Å²) in [5.74, 6) is -0.712. The molecule has 0 radical (unpaired) electrons. The van der Waals surface area contributed by atoms with Gasteiger partial charge in [-0.25, -0.2) is 0 Å². The number of carbonyl (C=O) groups excluding carboxylic acids is 1. The highest BCUT2D eigenvalue weighted by Gasteiger charge is 2.19. The SMILES string of the molecule is Cc1ccc(Br)cc1C(=O)N(CCC(=O)O)CC(C)C. The topological polar surface area (TPSA) is 57.6 Å². The number of aliphatic carboxylic acids is 1. The first-order valence-electron chi connectivity index (χ1n) is 6.58. The Balaban J connectivity index is 2.96. The fourth-order valence-electron chi connectivity index (χ4n) is 1.94. The van der Waals surface area contributed by atoms with E-state index in [0.717, 1.165) is 10.0 Å². The summed E-state index contributed by atoms with van der Waals surface area (Å²) < 4.78 is 0.842. The van der Waals surface area contributed by atoms with Crippen molar-refractivity contribution in [2.24, 2.45) is 5.92 Å². The molecule has 0 bridgehead atoms. The molecule has 0 saturated heterocycles. The van der Waals surface area contributed by atoms with Crippen molar-refractivity contribution in [1.82, 2.24) is 4.90 Å². The highest BCUT2D eigenvalue weighted by atomic mass is 79.9. The summed E-state index contributed by atoms with van der Waals surface area (Å²) in [6.07, 6.45) is -0.0362. The van der Waals surface area contributed by atoms with Crippen LogP contribution in [0, 0.1) is 12.8 Å². The maximum Gasteiger partial charge on any atom is 0.305 e. The highest BCUT2D eigenvalue weighted by molar-refractivity contribution is 9.10. The van der Waals surface area contributed by atoms with Gasteiger partial charge in [0.1, 0.15) is 0 Å². The number of nitrogens with zero attached hydrogens (tertiary/aromatic N) is 1. The lowest BCUT2D eigenvalue weighted by Gasteiger charge is -2.25. The van der Waals surface area contributed by atoms with E-state index in [1.54, 1.807) is 11.0 Å². The number of carboxylic acid groups (broad SMARTS) is 1. The number of carbonyl (C=O) groups is 2. The van der Waals surface area contributed by atoms with Crippen molar-refractivity contribution in [2.75, 3.05) is 13.1 Å². The molecule has 0 aliphatic rings. The molecule has 0 fully saturated rings. The number of halogens is 1. The molecule has 1 aromatic carbocycles. The van der Waals surface area contributed by atoms with Gasteiger partial charge in [0, 0.05) is 23.1 Å². The molecule has 0 saturated carbocycles. The first-order valence-corrected chi connectivity index (χ1v) is 7.37. The summed E-state index contributed by atoms with van der Waals surface area (Å²) in [6.45, 7) is 6.68. The van der Waals surface area contributed by atoms with Crippen LogP contribution in [-0.2, 0) is 4.79 Å². The van der Waals surface area contributed by atoms with Crippen LogP contribution in [0.3, 0.4) is 0 Å². The minimum Gasteiger partial charge on any atom is -0.481 e. The second kappa shape index (κ2) is 7.43. The van der Waals surface area contributed by atoms with Crippen molar-refractivity contribution in [3.8, 4) is 0 Å². The molecule has 0 aliphatic carbocycles. The number of aryl methyl sites for hydroxylation is 1. The normalized spacial score (nSPS) is 10.7. The first-order chi connectivity index (χ1) is 9.31. The van der Waals surface area contributed by atoms with Gasteiger partial charge in [-0.1, -0.05) is 35.8 Å². The van der Waals surface area contributed by atoms with Crippen LogP contribution in [0.4, 0.5) is 0 Å². The molecular formula is C15H20BrNO3. The van der Waals surface area contributed by atoms with E-state index in [4.69, 9.17) is 5.11 Å². The Hall–Kier alpha value is -1.36. The maximum atomic E-state index is 12.6. The lowest BCUT2D eigenvalue weighted by atomic mass is 10.1. The van der Waals surface area contributed by atoms with Crippen LogP contribution < -0.4 is 0 Å². The zero-order valence-electron chi connectivity index (χ0n) is 12.0. The number of hydrogen-bond acceptors (Lipinski definition) is 2. The molecule has 1 N–H and O–H groups in total. The van der Waals surface area contributed by atoms with Crippen molar-refractivity contribution in [2.45, 2.75) is 27.2 Å². The van der Waals surface area contributed by atoms with Crippen molar-refractivity contribution >= 4 is 27.8 Å². The van der Waals surface area contributed by atoms with Crippen molar-refractivity contribution in [3.05, 3.63) is 33.8 Å². The molecule has 5 heteroatoms. The predicted octanol–water partition coefficient (Wildman–Crippen LogP) is 3.33. The number of carboxylic acids is 1. The average Bonchev–Trinajstić information content (AvgIpc) is 2.36. The third kappa shape index (κ3) is 4.96. The Kier molecular flexibility index (Phi) is 6.20. The molecule has 1 rings (SSSR count). The highest BCUT2D eigenvalue weighted by Crippen LogP contribution is 2.18. The minimum atomic E-state index is -0.891. The van der Waals surface area contributed by atoms with E-state index in [1.165, 1.54) is 0 Å². The largest absolute Gasteiger partial charge is 0.481 e.